The van der Waals surface area contributed by atoms with Crippen LogP contribution in [0.15, 0.2) is 109 Å². The van der Waals surface area contributed by atoms with Gasteiger partial charge < -0.3 is 63.8 Å². The van der Waals surface area contributed by atoms with Crippen molar-refractivity contribution in [3.63, 3.8) is 0 Å². The topological polar surface area (TPSA) is 325 Å². The van der Waals surface area contributed by atoms with Gasteiger partial charge in [-0.25, -0.2) is 8.78 Å². The molecular weight excluding hydrogens is 1160 g/mol. The highest BCUT2D eigenvalue weighted by Gasteiger charge is 2.43. The molecule has 4 aromatic rings. The smallest absolute Gasteiger partial charge is 0.247 e. The van der Waals surface area contributed by atoms with Gasteiger partial charge in [-0.15, -0.1) is 0 Å². The third-order valence-electron chi connectivity index (χ3n) is 16.3. The fourth-order valence-corrected chi connectivity index (χ4v) is 11.7. The molecular formula is C66H86F2N12O10. The second-order valence-corrected chi connectivity index (χ2v) is 24.2. The number of carbonyl (C=O) groups is 10. The van der Waals surface area contributed by atoms with E-state index in [-0.39, 0.29) is 113 Å². The summed E-state index contributed by atoms with van der Waals surface area (Å²) in [5.74, 6) is -9.51. The molecule has 90 heavy (non-hydrogen) atoms. The van der Waals surface area contributed by atoms with Crippen LogP contribution >= 0.6 is 0 Å². The van der Waals surface area contributed by atoms with E-state index in [0.717, 1.165) is 24.3 Å². The SMILES string of the molecule is CC(C)C[C@@H]1[15NH]C(=O)[C@H](CCCN)NC(=O)[C@H](c2ccc(F)cc2)NC(=O)[C@@H]2CCCN2C(=O)[C@@H](Cc2ccccc2)NC(=O)[C@H](CC(C)C)[15NH]C(=O)[C@H](CCCN)NC(=O)[C@H](c2ccc(F)cc2)NC(=O)[C@@H]2CCCN2C(=O)[C@@H](Cc2ccccc2)NC1=O. The first kappa shape index (κ1) is 68.8. The van der Waals surface area contributed by atoms with Gasteiger partial charge >= 0.3 is 0 Å². The van der Waals surface area contributed by atoms with Gasteiger partial charge in [-0.05, 0) is 136 Å². The molecule has 0 unspecified atom stereocenters. The second-order valence-electron chi connectivity index (χ2n) is 24.2. The van der Waals surface area contributed by atoms with Crippen LogP contribution in [-0.4, -0.2) is 143 Å². The molecule has 3 aliphatic heterocycles. The third kappa shape index (κ3) is 19.2. The summed E-state index contributed by atoms with van der Waals surface area (Å²) in [6, 6.07) is 13.6. The third-order valence-corrected chi connectivity index (χ3v) is 16.3. The standard InChI is InChI=1S/C66H86F2N12O10/c1-39(2)35-49-59(83)75-51(37-41-15-7-5-8-16-41)65(89)79-33-13-21-53(79)61(85)78-56(44-25-29-46(68)30-26-44)64(88)72-48(20-12-32-70)58(82)74-50(36-40(3)4)60(84)76-52(38-42-17-9-6-10-18-42)66(90)80-34-14-22-54(80)62(86)77-55(43-23-27-45(67)28-24-43)63(87)71-47(19-11-31-69)57(81)73-49/h5-10,15-18,23-30,39-40,47-56H,11-14,19-22,31-38,69-70H2,1-4H3,(H,71,87)(H,72,88)(H,73,81)(H,74,82)(H,75,83)(H,76,84)(H,77,86)(H,78,85)/t47-,48-,49-,50-,51+,52+,53-,54-,55-,56-/m0/s1/i73+1,74+1. The van der Waals surface area contributed by atoms with Crippen molar-refractivity contribution in [2.24, 2.45) is 23.3 Å². The molecule has 0 saturated carbocycles. The highest BCUT2D eigenvalue weighted by Crippen LogP contribution is 2.26. The van der Waals surface area contributed by atoms with Gasteiger partial charge in [-0.3, -0.25) is 47.9 Å². The molecule has 3 heterocycles. The summed E-state index contributed by atoms with van der Waals surface area (Å²) in [6.45, 7) is 7.59. The summed E-state index contributed by atoms with van der Waals surface area (Å²) in [4.78, 5) is 151. The lowest BCUT2D eigenvalue weighted by Crippen LogP contribution is -2.60. The normalized spacial score (nSPS) is 25.0. The molecule has 0 radical (unpaired) electrons. The van der Waals surface area contributed by atoms with Crippen LogP contribution in [0.2, 0.25) is 0 Å². The average Bonchev–Trinajstić information content (AvgIpc) is 2.49. The largest absolute Gasteiger partial charge is 0.343 e. The van der Waals surface area contributed by atoms with Crippen molar-refractivity contribution in [1.82, 2.24) is 52.3 Å². The molecule has 24 heteroatoms. The summed E-state index contributed by atoms with van der Waals surface area (Å²) in [7, 11) is 0. The Morgan fingerprint density at radius 2 is 0.733 bits per heavy atom. The monoisotopic (exact) mass is 1250 g/mol. The fourth-order valence-electron chi connectivity index (χ4n) is 11.7. The van der Waals surface area contributed by atoms with E-state index in [2.05, 4.69) is 42.5 Å². The van der Waals surface area contributed by atoms with Gasteiger partial charge in [0.2, 0.25) is 59.1 Å². The van der Waals surface area contributed by atoms with Crippen LogP contribution in [-0.2, 0) is 60.8 Å². The van der Waals surface area contributed by atoms with Crippen molar-refractivity contribution < 1.29 is 56.7 Å². The zero-order valence-corrected chi connectivity index (χ0v) is 51.5. The van der Waals surface area contributed by atoms with E-state index in [9.17, 15) is 47.1 Å². The highest BCUT2D eigenvalue weighted by molar-refractivity contribution is 6.00. The van der Waals surface area contributed by atoms with E-state index in [4.69, 9.17) is 11.5 Å². The van der Waals surface area contributed by atoms with Crippen LogP contribution in [0.4, 0.5) is 8.78 Å². The van der Waals surface area contributed by atoms with E-state index >= 15 is 9.59 Å². The van der Waals surface area contributed by atoms with Crippen molar-refractivity contribution in [1.29, 1.82) is 0 Å². The first-order valence-electron chi connectivity index (χ1n) is 31.2. The number of benzene rings is 4. The predicted octanol–water partition coefficient (Wildman–Crippen LogP) is 2.94. The van der Waals surface area contributed by atoms with E-state index in [0.29, 0.717) is 24.0 Å². The van der Waals surface area contributed by atoms with Gasteiger partial charge in [-0.1, -0.05) is 113 Å². The van der Waals surface area contributed by atoms with E-state index < -0.39 is 131 Å². The van der Waals surface area contributed by atoms with E-state index in [1.165, 1.54) is 34.1 Å². The van der Waals surface area contributed by atoms with E-state index in [1.54, 1.807) is 60.7 Å². The lowest BCUT2D eigenvalue weighted by Gasteiger charge is -2.32. The fraction of sp³-hybridized carbons (Fsp3) is 0.485. The van der Waals surface area contributed by atoms with E-state index in [1.807, 2.05) is 27.7 Å². The maximum atomic E-state index is 15.1. The Labute approximate surface area is 523 Å². The molecule has 7 rings (SSSR count). The van der Waals surface area contributed by atoms with Gasteiger partial charge in [-0.2, -0.15) is 0 Å². The van der Waals surface area contributed by atoms with Crippen molar-refractivity contribution in [3.8, 4) is 0 Å². The van der Waals surface area contributed by atoms with Crippen LogP contribution in [0.5, 0.6) is 0 Å². The van der Waals surface area contributed by atoms with Gasteiger partial charge in [0, 0.05) is 25.9 Å². The Balaban J connectivity index is 1.31. The van der Waals surface area contributed by atoms with Crippen LogP contribution < -0.4 is 54.0 Å². The second kappa shape index (κ2) is 33.3. The van der Waals surface area contributed by atoms with Gasteiger partial charge in [0.25, 0.3) is 0 Å². The Kier molecular flexibility index (Phi) is 25.4. The molecule has 10 amide bonds. The number of amides is 10. The summed E-state index contributed by atoms with van der Waals surface area (Å²) >= 11 is 0. The summed E-state index contributed by atoms with van der Waals surface area (Å²) < 4.78 is 29.1. The van der Waals surface area contributed by atoms with Crippen molar-refractivity contribution in [3.05, 3.63) is 143 Å². The van der Waals surface area contributed by atoms with Crippen LogP contribution in [0, 0.1) is 23.5 Å². The number of carbonyl (C=O) groups excluding carboxylic acids is 10. The molecule has 4 aromatic carbocycles. The summed E-state index contributed by atoms with van der Waals surface area (Å²) in [5, 5.41) is 22.3. The first-order chi connectivity index (χ1) is 43.1. The lowest BCUT2D eigenvalue weighted by molar-refractivity contribution is -0.143. The Morgan fingerprint density at radius 3 is 1.07 bits per heavy atom. The minimum Gasteiger partial charge on any atom is -0.343 e. The molecule has 3 aliphatic rings. The predicted molar refractivity (Wildman–Crippen MR) is 331 cm³/mol. The quantitative estimate of drug-likeness (QED) is 0.0725. The van der Waals surface area contributed by atoms with Crippen LogP contribution in [0.1, 0.15) is 126 Å². The lowest BCUT2D eigenvalue weighted by atomic mass is 10.0. The highest BCUT2D eigenvalue weighted by atomic mass is 19.1. The van der Waals surface area contributed by atoms with Crippen molar-refractivity contribution >= 4 is 59.1 Å². The number of fused-ring (bicyclic) bond motifs is 2. The maximum Gasteiger partial charge on any atom is 0.247 e. The Hall–Kier alpha value is -8.64. The molecule has 12 N–H and O–H groups in total. The number of hydrogen-bond donors (Lipinski definition) is 10. The number of nitrogens with two attached hydrogens (primary N) is 2. The summed E-state index contributed by atoms with van der Waals surface area (Å²) in [6.07, 6.45) is 1.26. The van der Waals surface area contributed by atoms with Crippen LogP contribution in [0.3, 0.4) is 0 Å². The van der Waals surface area contributed by atoms with Gasteiger partial charge in [0.05, 0.1) is 0 Å². The first-order valence-corrected chi connectivity index (χ1v) is 31.2. The minimum absolute atomic E-state index is 0.0403. The number of nitrogens with zero attached hydrogens (tertiary/aromatic N) is 2. The molecule has 0 spiro atoms. The zero-order chi connectivity index (χ0) is 65.0. The number of nitrogens with one attached hydrogen (secondary N) is 8. The molecule has 484 valence electrons. The maximum absolute atomic E-state index is 15.1. The van der Waals surface area contributed by atoms with Crippen LogP contribution in [0.25, 0.3) is 0 Å². The minimum atomic E-state index is -1.58. The molecule has 0 aliphatic carbocycles. The number of halogens is 2. The van der Waals surface area contributed by atoms with Gasteiger partial charge in [0.1, 0.15) is 72.1 Å². The van der Waals surface area contributed by atoms with Crippen molar-refractivity contribution in [2.75, 3.05) is 26.2 Å². The zero-order valence-electron chi connectivity index (χ0n) is 51.5. The number of hydrogen-bond acceptors (Lipinski definition) is 12. The molecule has 0 bridgehead atoms. The molecule has 3 saturated heterocycles. The molecule has 0 aromatic heterocycles. The van der Waals surface area contributed by atoms with Crippen molar-refractivity contribution in [2.45, 2.75) is 165 Å². The average molecular weight is 1250 g/mol. The summed E-state index contributed by atoms with van der Waals surface area (Å²) in [5.41, 5.74) is 13.4. The molecule has 22 nitrogen and oxygen atoms in total. The molecule has 10 atom stereocenters. The Morgan fingerprint density at radius 1 is 0.411 bits per heavy atom. The Bertz CT molecular complexity index is 2920. The number of rotatable bonds is 16. The molecule has 3 fully saturated rings. The van der Waals surface area contributed by atoms with Gasteiger partial charge in [0.15, 0.2) is 0 Å².